The van der Waals surface area contributed by atoms with Crippen LogP contribution < -0.4 is 0 Å². The number of fused-ring (bicyclic) bond motifs is 3. The van der Waals surface area contributed by atoms with Gasteiger partial charge in [0.25, 0.3) is 0 Å². The molecule has 4 aromatic rings. The fourth-order valence-corrected chi connectivity index (χ4v) is 3.82. The molecule has 4 rings (SSSR count). The van der Waals surface area contributed by atoms with Crippen molar-refractivity contribution in [1.82, 2.24) is 14.6 Å². The molecule has 2 aromatic heterocycles. The van der Waals surface area contributed by atoms with Crippen molar-refractivity contribution in [3.05, 3.63) is 71.3 Å². The molecule has 0 spiro atoms. The van der Waals surface area contributed by atoms with Crippen molar-refractivity contribution in [3.8, 4) is 6.07 Å². The molecular formula is C19H14N4S. The second-order valence-electron chi connectivity index (χ2n) is 5.58. The van der Waals surface area contributed by atoms with Crippen LogP contribution in [0, 0.1) is 18.3 Å². The number of pyridine rings is 1. The van der Waals surface area contributed by atoms with Gasteiger partial charge in [-0.1, -0.05) is 48.2 Å². The fraction of sp³-hybridized carbons (Fsp3) is 0.105. The number of benzene rings is 2. The summed E-state index contributed by atoms with van der Waals surface area (Å²) < 4.78 is 2.09. The molecule has 2 heterocycles. The summed E-state index contributed by atoms with van der Waals surface area (Å²) in [5.74, 6) is 0.687. The Bertz CT molecular complexity index is 1090. The second-order valence-corrected chi connectivity index (χ2v) is 6.52. The zero-order valence-corrected chi connectivity index (χ0v) is 13.9. The van der Waals surface area contributed by atoms with Crippen LogP contribution in [0.2, 0.25) is 0 Å². The molecule has 4 nitrogen and oxygen atoms in total. The highest BCUT2D eigenvalue weighted by atomic mass is 32.2. The Hall–Kier alpha value is -2.84. The molecule has 0 saturated carbocycles. The van der Waals surface area contributed by atoms with Gasteiger partial charge in [0.15, 0.2) is 10.8 Å². The third-order valence-electron chi connectivity index (χ3n) is 4.07. The van der Waals surface area contributed by atoms with Crippen LogP contribution in [0.3, 0.4) is 0 Å². The molecule has 2 aromatic carbocycles. The summed E-state index contributed by atoms with van der Waals surface area (Å²) in [5, 5.41) is 19.9. The minimum atomic E-state index is 0.687. The first-order chi connectivity index (χ1) is 11.8. The van der Waals surface area contributed by atoms with Gasteiger partial charge >= 0.3 is 0 Å². The van der Waals surface area contributed by atoms with Gasteiger partial charge in [0.2, 0.25) is 0 Å². The Labute approximate surface area is 143 Å². The van der Waals surface area contributed by atoms with E-state index >= 15 is 0 Å². The minimum Gasteiger partial charge on any atom is -0.270 e. The van der Waals surface area contributed by atoms with Crippen LogP contribution in [0.4, 0.5) is 0 Å². The smallest absolute Gasteiger partial charge is 0.196 e. The van der Waals surface area contributed by atoms with Crippen molar-refractivity contribution < 1.29 is 0 Å². The largest absolute Gasteiger partial charge is 0.270 e. The summed E-state index contributed by atoms with van der Waals surface area (Å²) in [7, 11) is 0. The number of aryl methyl sites for hydroxylation is 1. The summed E-state index contributed by atoms with van der Waals surface area (Å²) in [4.78, 5) is 0. The van der Waals surface area contributed by atoms with Crippen LogP contribution in [-0.2, 0) is 5.75 Å². The molecule has 0 bridgehead atoms. The summed E-state index contributed by atoms with van der Waals surface area (Å²) in [6.45, 7) is 2.09. The molecule has 0 aliphatic rings. The summed E-state index contributed by atoms with van der Waals surface area (Å²) in [6.07, 6.45) is 0. The van der Waals surface area contributed by atoms with E-state index < -0.39 is 0 Å². The normalized spacial score (nSPS) is 11.0. The summed E-state index contributed by atoms with van der Waals surface area (Å²) >= 11 is 1.60. The van der Waals surface area contributed by atoms with E-state index in [1.807, 2.05) is 36.4 Å². The topological polar surface area (TPSA) is 54.0 Å². The van der Waals surface area contributed by atoms with E-state index in [2.05, 4.69) is 45.8 Å². The van der Waals surface area contributed by atoms with Gasteiger partial charge < -0.3 is 0 Å². The Balaban J connectivity index is 1.78. The predicted molar refractivity (Wildman–Crippen MR) is 95.9 cm³/mol. The Morgan fingerprint density at radius 2 is 1.88 bits per heavy atom. The van der Waals surface area contributed by atoms with Crippen LogP contribution >= 0.6 is 11.8 Å². The van der Waals surface area contributed by atoms with E-state index in [1.54, 1.807) is 11.8 Å². The van der Waals surface area contributed by atoms with Crippen LogP contribution in [0.1, 0.15) is 16.7 Å². The highest BCUT2D eigenvalue weighted by Crippen LogP contribution is 2.28. The monoisotopic (exact) mass is 330 g/mol. The maximum absolute atomic E-state index is 9.23. The van der Waals surface area contributed by atoms with E-state index in [0.717, 1.165) is 21.9 Å². The molecule has 0 N–H and O–H groups in total. The summed E-state index contributed by atoms with van der Waals surface area (Å²) in [5.41, 5.74) is 4.87. The maximum atomic E-state index is 9.23. The average molecular weight is 330 g/mol. The quantitative estimate of drug-likeness (QED) is 0.524. The molecule has 5 heteroatoms. The molecule has 116 valence electrons. The van der Waals surface area contributed by atoms with E-state index in [4.69, 9.17) is 0 Å². The zero-order chi connectivity index (χ0) is 16.5. The lowest BCUT2D eigenvalue weighted by atomic mass is 10.1. The van der Waals surface area contributed by atoms with Crippen molar-refractivity contribution in [3.63, 3.8) is 0 Å². The third kappa shape index (κ3) is 2.41. The minimum absolute atomic E-state index is 0.687. The van der Waals surface area contributed by atoms with E-state index in [-0.39, 0.29) is 0 Å². The van der Waals surface area contributed by atoms with Gasteiger partial charge in [0.05, 0.1) is 17.1 Å². The van der Waals surface area contributed by atoms with Gasteiger partial charge in [-0.15, -0.1) is 10.2 Å². The van der Waals surface area contributed by atoms with E-state index in [0.29, 0.717) is 11.3 Å². The number of nitrogens with zero attached hydrogens (tertiary/aromatic N) is 4. The third-order valence-corrected chi connectivity index (χ3v) is 5.05. The Morgan fingerprint density at radius 3 is 2.75 bits per heavy atom. The predicted octanol–water partition coefficient (Wildman–Crippen LogP) is 4.35. The highest BCUT2D eigenvalue weighted by molar-refractivity contribution is 7.98. The van der Waals surface area contributed by atoms with Gasteiger partial charge in [-0.05, 0) is 36.2 Å². The summed E-state index contributed by atoms with van der Waals surface area (Å²) in [6, 6.07) is 20.2. The molecule has 0 aliphatic heterocycles. The molecule has 24 heavy (non-hydrogen) atoms. The van der Waals surface area contributed by atoms with E-state index in [9.17, 15) is 5.26 Å². The van der Waals surface area contributed by atoms with Gasteiger partial charge in [0, 0.05) is 11.1 Å². The molecule has 0 fully saturated rings. The van der Waals surface area contributed by atoms with Crippen LogP contribution in [0.25, 0.3) is 16.6 Å². The lowest BCUT2D eigenvalue weighted by Gasteiger charge is -2.07. The zero-order valence-electron chi connectivity index (χ0n) is 13.1. The maximum Gasteiger partial charge on any atom is 0.196 e. The molecule has 0 radical (unpaired) electrons. The van der Waals surface area contributed by atoms with Crippen molar-refractivity contribution in [2.24, 2.45) is 0 Å². The fourth-order valence-electron chi connectivity index (χ4n) is 2.87. The number of hydrogen-bond acceptors (Lipinski definition) is 4. The van der Waals surface area contributed by atoms with Crippen molar-refractivity contribution >= 4 is 28.3 Å². The van der Waals surface area contributed by atoms with Gasteiger partial charge in [-0.3, -0.25) is 4.40 Å². The molecular weight excluding hydrogens is 316 g/mol. The molecule has 0 amide bonds. The molecule has 0 aliphatic carbocycles. The lowest BCUT2D eigenvalue weighted by molar-refractivity contribution is 0.939. The SMILES string of the molecule is Cc1cc2nnc(SCc3ccccc3C#N)n2c2ccccc12. The number of hydrogen-bond donors (Lipinski definition) is 0. The number of nitriles is 1. The number of para-hydroxylation sites is 1. The van der Waals surface area contributed by atoms with Gasteiger partial charge in [0.1, 0.15) is 0 Å². The van der Waals surface area contributed by atoms with Crippen LogP contribution in [-0.4, -0.2) is 14.6 Å². The number of thioether (sulfide) groups is 1. The van der Waals surface area contributed by atoms with Crippen molar-refractivity contribution in [1.29, 1.82) is 5.26 Å². The molecule has 0 unspecified atom stereocenters. The highest BCUT2D eigenvalue weighted by Gasteiger charge is 2.12. The van der Waals surface area contributed by atoms with Crippen molar-refractivity contribution in [2.45, 2.75) is 17.8 Å². The Kier molecular flexibility index (Phi) is 3.68. The average Bonchev–Trinajstić information content (AvgIpc) is 3.03. The van der Waals surface area contributed by atoms with Crippen LogP contribution in [0.15, 0.2) is 59.8 Å². The number of rotatable bonds is 3. The van der Waals surface area contributed by atoms with Gasteiger partial charge in [-0.2, -0.15) is 5.26 Å². The number of aromatic nitrogens is 3. The first kappa shape index (κ1) is 14.7. The molecule has 0 atom stereocenters. The standard InChI is InChI=1S/C19H14N4S/c1-13-10-18-21-22-19(23(18)17-9-5-4-8-16(13)17)24-12-15-7-3-2-6-14(15)11-20/h2-10H,12H2,1H3. The van der Waals surface area contributed by atoms with Crippen molar-refractivity contribution in [2.75, 3.05) is 0 Å². The second kappa shape index (κ2) is 5.99. The van der Waals surface area contributed by atoms with Crippen LogP contribution in [0.5, 0.6) is 0 Å². The van der Waals surface area contributed by atoms with Gasteiger partial charge in [-0.25, -0.2) is 0 Å². The Morgan fingerprint density at radius 1 is 1.08 bits per heavy atom. The molecule has 0 saturated heterocycles. The lowest BCUT2D eigenvalue weighted by Crippen LogP contribution is -1.94. The first-order valence-corrected chi connectivity index (χ1v) is 8.61. The van der Waals surface area contributed by atoms with E-state index in [1.165, 1.54) is 10.9 Å². The first-order valence-electron chi connectivity index (χ1n) is 7.62.